The van der Waals surface area contributed by atoms with Crippen molar-refractivity contribution in [3.63, 3.8) is 0 Å². The maximum absolute atomic E-state index is 12.3. The molecule has 0 bridgehead atoms. The van der Waals surface area contributed by atoms with Gasteiger partial charge < -0.3 is 19.2 Å². The van der Waals surface area contributed by atoms with Crippen molar-refractivity contribution in [3.8, 4) is 0 Å². The summed E-state index contributed by atoms with van der Waals surface area (Å²) in [5.41, 5.74) is 0.637. The number of methoxy groups -OCH3 is 1. The highest BCUT2D eigenvalue weighted by atomic mass is 16.6. The van der Waals surface area contributed by atoms with Crippen LogP contribution in [-0.4, -0.2) is 40.5 Å². The molecule has 0 saturated carbocycles. The number of anilines is 1. The third-order valence-electron chi connectivity index (χ3n) is 3.19. The van der Waals surface area contributed by atoms with Gasteiger partial charge in [0, 0.05) is 26.4 Å². The normalized spacial score (nSPS) is 10.3. The molecule has 9 heteroatoms. The monoisotopic (exact) mass is 306 g/mol. The van der Waals surface area contributed by atoms with E-state index in [1.54, 1.807) is 13.2 Å². The summed E-state index contributed by atoms with van der Waals surface area (Å²) >= 11 is 0. The van der Waals surface area contributed by atoms with E-state index in [-0.39, 0.29) is 17.1 Å². The number of aromatic nitrogens is 2. The Bertz CT molecular complexity index is 745. The SMILES string of the molecule is COC(=O)c1cc(N(C)C(=O)c2cc([N+](=O)[O-])c[nH]2)cn1C. The zero-order chi connectivity index (χ0) is 16.4. The number of rotatable bonds is 4. The van der Waals surface area contributed by atoms with Crippen LogP contribution >= 0.6 is 0 Å². The predicted octanol–water partition coefficient (Wildman–Crippen LogP) is 1.32. The zero-order valence-corrected chi connectivity index (χ0v) is 12.2. The number of carbonyl (C=O) groups is 2. The van der Waals surface area contributed by atoms with Crippen LogP contribution in [0.25, 0.3) is 0 Å². The number of hydrogen-bond acceptors (Lipinski definition) is 5. The zero-order valence-electron chi connectivity index (χ0n) is 12.2. The van der Waals surface area contributed by atoms with Crippen LogP contribution in [-0.2, 0) is 11.8 Å². The molecule has 0 aliphatic carbocycles. The number of aryl methyl sites for hydroxylation is 1. The van der Waals surface area contributed by atoms with Crippen LogP contribution in [0.5, 0.6) is 0 Å². The average Bonchev–Trinajstić information content (AvgIpc) is 3.11. The Morgan fingerprint density at radius 2 is 2.09 bits per heavy atom. The minimum Gasteiger partial charge on any atom is -0.464 e. The van der Waals surface area contributed by atoms with E-state index in [4.69, 9.17) is 0 Å². The van der Waals surface area contributed by atoms with Gasteiger partial charge >= 0.3 is 5.97 Å². The van der Waals surface area contributed by atoms with Crippen molar-refractivity contribution in [1.82, 2.24) is 9.55 Å². The minimum absolute atomic E-state index is 0.0812. The lowest BCUT2D eigenvalue weighted by Gasteiger charge is -2.13. The summed E-state index contributed by atoms with van der Waals surface area (Å²) in [6.45, 7) is 0. The molecule has 0 fully saturated rings. The number of esters is 1. The number of ether oxygens (including phenoxy) is 1. The highest BCUT2D eigenvalue weighted by Gasteiger charge is 2.21. The van der Waals surface area contributed by atoms with Crippen LogP contribution in [0.2, 0.25) is 0 Å². The Hall–Kier alpha value is -3.10. The molecular formula is C13H14N4O5. The van der Waals surface area contributed by atoms with Crippen LogP contribution < -0.4 is 4.90 Å². The van der Waals surface area contributed by atoms with E-state index < -0.39 is 16.8 Å². The van der Waals surface area contributed by atoms with E-state index >= 15 is 0 Å². The predicted molar refractivity (Wildman–Crippen MR) is 76.9 cm³/mol. The number of amides is 1. The minimum atomic E-state index is -0.592. The van der Waals surface area contributed by atoms with Crippen molar-refractivity contribution in [2.45, 2.75) is 0 Å². The number of aromatic amines is 1. The van der Waals surface area contributed by atoms with Crippen LogP contribution in [0.1, 0.15) is 21.0 Å². The van der Waals surface area contributed by atoms with Gasteiger partial charge in [0.2, 0.25) is 0 Å². The second kappa shape index (κ2) is 5.72. The van der Waals surface area contributed by atoms with Gasteiger partial charge in [0.15, 0.2) is 0 Å². The summed E-state index contributed by atoms with van der Waals surface area (Å²) in [6, 6.07) is 2.66. The van der Waals surface area contributed by atoms with Crippen LogP contribution in [0.3, 0.4) is 0 Å². The van der Waals surface area contributed by atoms with E-state index in [9.17, 15) is 19.7 Å². The summed E-state index contributed by atoms with van der Waals surface area (Å²) < 4.78 is 6.17. The van der Waals surface area contributed by atoms with Gasteiger partial charge in [-0.2, -0.15) is 0 Å². The standard InChI is InChI=1S/C13H14N4O5/c1-15-7-9(5-11(15)13(19)22-3)16(2)12(18)10-4-8(6-14-10)17(20)21/h4-7,14H,1-3H3. The van der Waals surface area contributed by atoms with Gasteiger partial charge in [-0.05, 0) is 6.07 Å². The van der Waals surface area contributed by atoms with Crippen LogP contribution in [0, 0.1) is 10.1 Å². The number of nitrogens with one attached hydrogen (secondary N) is 1. The number of nitrogens with zero attached hydrogens (tertiary/aromatic N) is 3. The lowest BCUT2D eigenvalue weighted by molar-refractivity contribution is -0.384. The highest BCUT2D eigenvalue weighted by Crippen LogP contribution is 2.21. The van der Waals surface area contributed by atoms with Crippen molar-refractivity contribution in [1.29, 1.82) is 0 Å². The number of carbonyl (C=O) groups excluding carboxylic acids is 2. The molecule has 0 saturated heterocycles. The third kappa shape index (κ3) is 2.68. The Morgan fingerprint density at radius 1 is 1.41 bits per heavy atom. The lowest BCUT2D eigenvalue weighted by atomic mass is 10.3. The molecule has 2 heterocycles. The van der Waals surface area contributed by atoms with Gasteiger partial charge in [-0.25, -0.2) is 4.79 Å². The molecule has 0 unspecified atom stereocenters. The maximum Gasteiger partial charge on any atom is 0.354 e. The summed E-state index contributed by atoms with van der Waals surface area (Å²) in [6.07, 6.45) is 2.73. The van der Waals surface area contributed by atoms with E-state index in [1.165, 1.54) is 29.7 Å². The first kappa shape index (κ1) is 15.3. The highest BCUT2D eigenvalue weighted by molar-refractivity contribution is 6.05. The first-order valence-electron chi connectivity index (χ1n) is 6.20. The molecule has 0 aliphatic heterocycles. The van der Waals surface area contributed by atoms with E-state index in [2.05, 4.69) is 9.72 Å². The maximum atomic E-state index is 12.3. The summed E-state index contributed by atoms with van der Waals surface area (Å²) in [5, 5.41) is 10.6. The Labute approximate surface area is 125 Å². The number of H-pyrrole nitrogens is 1. The lowest BCUT2D eigenvalue weighted by Crippen LogP contribution is -2.26. The van der Waals surface area contributed by atoms with Crippen LogP contribution in [0.4, 0.5) is 11.4 Å². The molecular weight excluding hydrogens is 292 g/mol. The number of hydrogen-bond donors (Lipinski definition) is 1. The van der Waals surface area contributed by atoms with Crippen LogP contribution in [0.15, 0.2) is 24.5 Å². The van der Waals surface area contributed by atoms with Crippen molar-refractivity contribution in [3.05, 3.63) is 46.0 Å². The first-order valence-corrected chi connectivity index (χ1v) is 6.20. The molecule has 9 nitrogen and oxygen atoms in total. The summed E-state index contributed by atoms with van der Waals surface area (Å²) in [5.74, 6) is -0.986. The van der Waals surface area contributed by atoms with E-state index in [0.717, 1.165) is 12.3 Å². The topological polar surface area (TPSA) is 110 Å². The number of nitro groups is 1. The van der Waals surface area contributed by atoms with E-state index in [1.807, 2.05) is 0 Å². The van der Waals surface area contributed by atoms with Crippen molar-refractivity contribution in [2.24, 2.45) is 7.05 Å². The molecule has 116 valence electrons. The molecule has 2 rings (SSSR count). The fourth-order valence-electron chi connectivity index (χ4n) is 1.95. The Balaban J connectivity index is 2.27. The van der Waals surface area contributed by atoms with Gasteiger partial charge in [-0.15, -0.1) is 0 Å². The first-order chi connectivity index (χ1) is 10.3. The van der Waals surface area contributed by atoms with Crippen molar-refractivity contribution < 1.29 is 19.2 Å². The molecule has 1 N–H and O–H groups in total. The van der Waals surface area contributed by atoms with Gasteiger partial charge in [-0.3, -0.25) is 14.9 Å². The molecule has 0 spiro atoms. The molecule has 0 aliphatic rings. The molecule has 1 amide bonds. The fourth-order valence-corrected chi connectivity index (χ4v) is 1.95. The molecule has 0 aromatic carbocycles. The largest absolute Gasteiger partial charge is 0.464 e. The molecule has 2 aromatic rings. The van der Waals surface area contributed by atoms with Gasteiger partial charge in [0.05, 0.1) is 23.9 Å². The third-order valence-corrected chi connectivity index (χ3v) is 3.19. The average molecular weight is 306 g/mol. The second-order valence-electron chi connectivity index (χ2n) is 4.58. The molecule has 2 aromatic heterocycles. The van der Waals surface area contributed by atoms with Gasteiger partial charge in [0.25, 0.3) is 11.6 Å². The quantitative estimate of drug-likeness (QED) is 0.520. The summed E-state index contributed by atoms with van der Waals surface area (Å²) in [7, 11) is 4.42. The van der Waals surface area contributed by atoms with Crippen molar-refractivity contribution in [2.75, 3.05) is 19.1 Å². The molecule has 22 heavy (non-hydrogen) atoms. The molecule has 0 radical (unpaired) electrons. The second-order valence-corrected chi connectivity index (χ2v) is 4.58. The molecule has 0 atom stereocenters. The Morgan fingerprint density at radius 3 is 2.64 bits per heavy atom. The smallest absolute Gasteiger partial charge is 0.354 e. The van der Waals surface area contributed by atoms with E-state index in [0.29, 0.717) is 5.69 Å². The van der Waals surface area contributed by atoms with Gasteiger partial charge in [-0.1, -0.05) is 0 Å². The van der Waals surface area contributed by atoms with Gasteiger partial charge in [0.1, 0.15) is 11.4 Å². The summed E-state index contributed by atoms with van der Waals surface area (Å²) in [4.78, 5) is 37.7. The van der Waals surface area contributed by atoms with Crippen molar-refractivity contribution >= 4 is 23.3 Å². The fraction of sp³-hybridized carbons (Fsp3) is 0.231. The Kier molecular flexibility index (Phi) is 3.97.